The third kappa shape index (κ3) is 8.43. The van der Waals surface area contributed by atoms with Gasteiger partial charge in [0.2, 0.25) is 0 Å². The molecule has 0 aliphatic rings. The van der Waals surface area contributed by atoms with Crippen molar-refractivity contribution in [3.63, 3.8) is 0 Å². The van der Waals surface area contributed by atoms with E-state index in [0.717, 1.165) is 24.6 Å². The first-order chi connectivity index (χ1) is 13.5. The lowest BCUT2D eigenvalue weighted by Crippen LogP contribution is -2.39. The van der Waals surface area contributed by atoms with E-state index in [1.165, 1.54) is 11.1 Å². The first-order valence-electron chi connectivity index (χ1n) is 9.99. The van der Waals surface area contributed by atoms with E-state index in [2.05, 4.69) is 66.0 Å². The summed E-state index contributed by atoms with van der Waals surface area (Å²) >= 11 is 0. The van der Waals surface area contributed by atoms with Crippen LogP contribution in [-0.2, 0) is 6.54 Å². The zero-order valence-corrected chi connectivity index (χ0v) is 20.1. The van der Waals surface area contributed by atoms with Gasteiger partial charge in [0.05, 0.1) is 6.54 Å². The minimum absolute atomic E-state index is 0. The second-order valence-corrected chi connectivity index (χ2v) is 6.95. The highest BCUT2D eigenvalue weighted by Crippen LogP contribution is 2.15. The van der Waals surface area contributed by atoms with E-state index in [0.29, 0.717) is 24.6 Å². The minimum Gasteiger partial charge on any atom is -0.357 e. The van der Waals surface area contributed by atoms with Gasteiger partial charge in [0.1, 0.15) is 0 Å². The van der Waals surface area contributed by atoms with Crippen molar-refractivity contribution < 1.29 is 4.79 Å². The number of guanidine groups is 1. The van der Waals surface area contributed by atoms with E-state index in [9.17, 15) is 4.79 Å². The molecule has 0 bridgehead atoms. The number of benzene rings is 2. The van der Waals surface area contributed by atoms with Crippen molar-refractivity contribution in [2.45, 2.75) is 40.2 Å². The molecule has 1 unspecified atom stereocenters. The zero-order chi connectivity index (χ0) is 20.4. The molecule has 2 aromatic rings. The summed E-state index contributed by atoms with van der Waals surface area (Å²) in [6.07, 6.45) is 0. The normalized spacial score (nSPS) is 11.9. The number of nitrogens with one attached hydrogen (secondary N) is 3. The number of carbonyl (C=O) groups is 1. The number of aryl methyl sites for hydroxylation is 1. The lowest BCUT2D eigenvalue weighted by atomic mass is 9.99. The van der Waals surface area contributed by atoms with Crippen LogP contribution in [0.3, 0.4) is 0 Å². The molecule has 1 amide bonds. The highest BCUT2D eigenvalue weighted by molar-refractivity contribution is 14.0. The smallest absolute Gasteiger partial charge is 0.251 e. The molecule has 5 nitrogen and oxygen atoms in total. The molecule has 0 saturated heterocycles. The number of halogens is 1. The number of rotatable bonds is 8. The van der Waals surface area contributed by atoms with Gasteiger partial charge in [-0.05, 0) is 49.9 Å². The van der Waals surface area contributed by atoms with Crippen LogP contribution in [0.15, 0.2) is 53.5 Å². The van der Waals surface area contributed by atoms with Crippen molar-refractivity contribution in [3.8, 4) is 0 Å². The number of amides is 1. The lowest BCUT2D eigenvalue weighted by Gasteiger charge is -2.16. The van der Waals surface area contributed by atoms with E-state index in [1.807, 2.05) is 31.2 Å². The molecule has 2 aromatic carbocycles. The molecule has 2 rings (SSSR count). The van der Waals surface area contributed by atoms with Gasteiger partial charge in [0.25, 0.3) is 5.91 Å². The van der Waals surface area contributed by atoms with Crippen molar-refractivity contribution in [3.05, 3.63) is 70.8 Å². The molecule has 0 heterocycles. The van der Waals surface area contributed by atoms with E-state index < -0.39 is 0 Å². The van der Waals surface area contributed by atoms with Crippen LogP contribution < -0.4 is 16.0 Å². The summed E-state index contributed by atoms with van der Waals surface area (Å²) in [6.45, 7) is 11.0. The SMILES string of the molecule is CCNC(=O)c1cccc(CN=C(NCC)NCC(C)c2cccc(C)c2)c1.I. The molecule has 0 saturated carbocycles. The van der Waals surface area contributed by atoms with Crippen LogP contribution in [0, 0.1) is 6.92 Å². The average molecular weight is 508 g/mol. The van der Waals surface area contributed by atoms with Gasteiger partial charge in [-0.3, -0.25) is 4.79 Å². The number of nitrogens with zero attached hydrogens (tertiary/aromatic N) is 1. The maximum absolute atomic E-state index is 12.0. The largest absolute Gasteiger partial charge is 0.357 e. The highest BCUT2D eigenvalue weighted by Gasteiger charge is 2.08. The standard InChI is InChI=1S/C23H32N4O.HI/c1-5-24-22(28)21-12-8-10-19(14-21)16-27-23(25-6-2)26-15-18(4)20-11-7-9-17(3)13-20;/h7-14,18H,5-6,15-16H2,1-4H3,(H,24,28)(H2,25,26,27);1H. The Morgan fingerprint density at radius 3 is 2.41 bits per heavy atom. The Balaban J connectivity index is 0.00000420. The minimum atomic E-state index is -0.0506. The van der Waals surface area contributed by atoms with Crippen molar-refractivity contribution >= 4 is 35.8 Å². The molecule has 0 spiro atoms. The number of aliphatic imine (C=N–C) groups is 1. The summed E-state index contributed by atoms with van der Waals surface area (Å²) in [5.41, 5.74) is 4.27. The average Bonchev–Trinajstić information content (AvgIpc) is 2.70. The molecule has 0 fully saturated rings. The molecule has 158 valence electrons. The maximum atomic E-state index is 12.0. The van der Waals surface area contributed by atoms with Crippen LogP contribution in [0.2, 0.25) is 0 Å². The Labute approximate surface area is 191 Å². The summed E-state index contributed by atoms with van der Waals surface area (Å²) in [4.78, 5) is 16.7. The van der Waals surface area contributed by atoms with Gasteiger partial charge in [-0.25, -0.2) is 4.99 Å². The first kappa shape index (κ1) is 24.9. The summed E-state index contributed by atoms with van der Waals surface area (Å²) < 4.78 is 0. The predicted octanol–water partition coefficient (Wildman–Crippen LogP) is 4.22. The zero-order valence-electron chi connectivity index (χ0n) is 17.8. The fourth-order valence-electron chi connectivity index (χ4n) is 2.93. The quantitative estimate of drug-likeness (QED) is 0.284. The molecule has 0 aliphatic heterocycles. The Morgan fingerprint density at radius 2 is 1.72 bits per heavy atom. The van der Waals surface area contributed by atoms with Crippen molar-refractivity contribution in [2.24, 2.45) is 4.99 Å². The number of hydrogen-bond donors (Lipinski definition) is 3. The molecule has 29 heavy (non-hydrogen) atoms. The van der Waals surface area contributed by atoms with Crippen LogP contribution >= 0.6 is 24.0 Å². The second kappa shape index (κ2) is 13.2. The Bertz CT molecular complexity index is 807. The fourth-order valence-corrected chi connectivity index (χ4v) is 2.93. The topological polar surface area (TPSA) is 65.5 Å². The van der Waals surface area contributed by atoms with E-state index in [4.69, 9.17) is 0 Å². The summed E-state index contributed by atoms with van der Waals surface area (Å²) in [5, 5.41) is 9.54. The predicted molar refractivity (Wildman–Crippen MR) is 132 cm³/mol. The van der Waals surface area contributed by atoms with Crippen LogP contribution in [-0.4, -0.2) is 31.5 Å². The molecule has 0 aromatic heterocycles. The molecule has 0 aliphatic carbocycles. The molecule has 1 atom stereocenters. The number of carbonyl (C=O) groups excluding carboxylic acids is 1. The summed E-state index contributed by atoms with van der Waals surface area (Å²) in [5.74, 6) is 1.11. The van der Waals surface area contributed by atoms with E-state index in [1.54, 1.807) is 0 Å². The highest BCUT2D eigenvalue weighted by atomic mass is 127. The van der Waals surface area contributed by atoms with Crippen molar-refractivity contribution in [2.75, 3.05) is 19.6 Å². The van der Waals surface area contributed by atoms with E-state index in [-0.39, 0.29) is 29.9 Å². The fraction of sp³-hybridized carbons (Fsp3) is 0.391. The van der Waals surface area contributed by atoms with Gasteiger partial charge in [0.15, 0.2) is 5.96 Å². The second-order valence-electron chi connectivity index (χ2n) is 6.95. The van der Waals surface area contributed by atoms with Crippen LogP contribution in [0.5, 0.6) is 0 Å². The third-order valence-corrected chi connectivity index (χ3v) is 4.48. The van der Waals surface area contributed by atoms with E-state index >= 15 is 0 Å². The molecule has 3 N–H and O–H groups in total. The molecular formula is C23H33IN4O. The Kier molecular flexibility index (Phi) is 11.3. The van der Waals surface area contributed by atoms with Gasteiger partial charge < -0.3 is 16.0 Å². The molecular weight excluding hydrogens is 475 g/mol. The maximum Gasteiger partial charge on any atom is 0.251 e. The summed E-state index contributed by atoms with van der Waals surface area (Å²) in [6, 6.07) is 16.2. The van der Waals surface area contributed by atoms with Crippen molar-refractivity contribution in [1.82, 2.24) is 16.0 Å². The van der Waals surface area contributed by atoms with Gasteiger partial charge in [0, 0.05) is 25.2 Å². The summed E-state index contributed by atoms with van der Waals surface area (Å²) in [7, 11) is 0. The van der Waals surface area contributed by atoms with Crippen molar-refractivity contribution in [1.29, 1.82) is 0 Å². The van der Waals surface area contributed by atoms with Crippen LogP contribution in [0.4, 0.5) is 0 Å². The lowest BCUT2D eigenvalue weighted by molar-refractivity contribution is 0.0955. The Hall–Kier alpha value is -2.09. The molecule has 6 heteroatoms. The monoisotopic (exact) mass is 508 g/mol. The van der Waals surface area contributed by atoms with Gasteiger partial charge in [-0.2, -0.15) is 0 Å². The molecule has 0 radical (unpaired) electrons. The first-order valence-corrected chi connectivity index (χ1v) is 9.99. The van der Waals surface area contributed by atoms with Gasteiger partial charge in [-0.1, -0.05) is 48.9 Å². The van der Waals surface area contributed by atoms with Crippen LogP contribution in [0.25, 0.3) is 0 Å². The number of hydrogen-bond acceptors (Lipinski definition) is 2. The van der Waals surface area contributed by atoms with Gasteiger partial charge in [-0.15, -0.1) is 24.0 Å². The Morgan fingerprint density at radius 1 is 1.00 bits per heavy atom. The van der Waals surface area contributed by atoms with Crippen LogP contribution in [0.1, 0.15) is 53.7 Å². The van der Waals surface area contributed by atoms with Gasteiger partial charge >= 0.3 is 0 Å². The third-order valence-electron chi connectivity index (χ3n) is 4.48.